The molecule has 0 heterocycles. The molecule has 0 aliphatic heterocycles. The lowest BCUT2D eigenvalue weighted by Gasteiger charge is -2.36. The van der Waals surface area contributed by atoms with Gasteiger partial charge in [0.2, 0.25) is 0 Å². The zero-order valence-electron chi connectivity index (χ0n) is 24.8. The third kappa shape index (κ3) is 12.5. The van der Waals surface area contributed by atoms with Crippen LogP contribution < -0.4 is 4.74 Å². The molecule has 0 radical (unpaired) electrons. The van der Waals surface area contributed by atoms with Crippen LogP contribution in [0, 0.1) is 0 Å². The molecule has 0 bridgehead atoms. The highest BCUT2D eigenvalue weighted by atomic mass is 16.5. The number of para-hydroxylation sites is 1. The molecule has 0 aromatic heterocycles. The van der Waals surface area contributed by atoms with E-state index in [4.69, 9.17) is 9.47 Å². The molecule has 0 saturated heterocycles. The minimum Gasteiger partial charge on any atom is -0.493 e. The lowest BCUT2D eigenvalue weighted by molar-refractivity contribution is -0.919. The maximum absolute atomic E-state index is 12.9. The van der Waals surface area contributed by atoms with Gasteiger partial charge in [0.05, 0.1) is 27.3 Å². The predicted molar refractivity (Wildman–Crippen MR) is 159 cm³/mol. The molecule has 0 spiro atoms. The van der Waals surface area contributed by atoms with Crippen LogP contribution in [0.4, 0.5) is 0 Å². The van der Waals surface area contributed by atoms with Gasteiger partial charge in [-0.3, -0.25) is 0 Å². The molecular weight excluding hydrogens is 470 g/mol. The van der Waals surface area contributed by atoms with Gasteiger partial charge in [-0.15, -0.1) is 0 Å². The van der Waals surface area contributed by atoms with Gasteiger partial charge in [-0.2, -0.15) is 0 Å². The summed E-state index contributed by atoms with van der Waals surface area (Å²) in [6.45, 7) is 6.25. The van der Waals surface area contributed by atoms with Crippen LogP contribution in [0.2, 0.25) is 0 Å². The molecule has 0 saturated carbocycles. The minimum atomic E-state index is -0.167. The van der Waals surface area contributed by atoms with E-state index in [2.05, 4.69) is 64.3 Å². The molecule has 0 aliphatic rings. The van der Waals surface area contributed by atoms with E-state index in [1.807, 2.05) is 18.2 Å². The first-order valence-corrected chi connectivity index (χ1v) is 15.2. The van der Waals surface area contributed by atoms with Crippen LogP contribution in [0.1, 0.15) is 102 Å². The molecule has 212 valence electrons. The lowest BCUT2D eigenvalue weighted by atomic mass is 10.0. The fraction of sp³-hybridized carbons (Fsp3) is 0.618. The molecule has 2 rings (SSSR count). The number of esters is 1. The Kier molecular flexibility index (Phi) is 15.8. The van der Waals surface area contributed by atoms with Crippen molar-refractivity contribution in [3.05, 3.63) is 65.7 Å². The molecule has 1 atom stereocenters. The van der Waals surface area contributed by atoms with Gasteiger partial charge in [-0.25, -0.2) is 4.79 Å². The monoisotopic (exact) mass is 524 g/mol. The fourth-order valence-corrected chi connectivity index (χ4v) is 5.24. The van der Waals surface area contributed by atoms with Gasteiger partial charge < -0.3 is 14.0 Å². The second-order valence-electron chi connectivity index (χ2n) is 11.3. The molecule has 0 amide bonds. The van der Waals surface area contributed by atoms with E-state index in [1.54, 1.807) is 0 Å². The van der Waals surface area contributed by atoms with E-state index < -0.39 is 0 Å². The highest BCUT2D eigenvalue weighted by Gasteiger charge is 2.34. The number of benzene rings is 2. The Hall–Kier alpha value is -2.33. The molecule has 38 heavy (non-hydrogen) atoms. The van der Waals surface area contributed by atoms with Gasteiger partial charge >= 0.3 is 5.97 Å². The number of aryl methyl sites for hydroxylation is 1. The van der Waals surface area contributed by atoms with Gasteiger partial charge in [0.15, 0.2) is 6.04 Å². The van der Waals surface area contributed by atoms with E-state index in [0.29, 0.717) is 17.7 Å². The number of rotatable bonds is 21. The number of ether oxygens (including phenoxy) is 2. The second kappa shape index (κ2) is 18.8. The Morgan fingerprint density at radius 3 is 2.03 bits per heavy atom. The third-order valence-corrected chi connectivity index (χ3v) is 7.50. The van der Waals surface area contributed by atoms with Crippen molar-refractivity contribution in [3.8, 4) is 5.75 Å². The van der Waals surface area contributed by atoms with Crippen molar-refractivity contribution >= 4 is 5.97 Å². The van der Waals surface area contributed by atoms with E-state index in [9.17, 15) is 4.79 Å². The molecular formula is C34H54NO3+. The van der Waals surface area contributed by atoms with Gasteiger partial charge in [-0.1, -0.05) is 114 Å². The van der Waals surface area contributed by atoms with Gasteiger partial charge in [0.1, 0.15) is 12.3 Å². The van der Waals surface area contributed by atoms with Crippen molar-refractivity contribution in [2.24, 2.45) is 0 Å². The van der Waals surface area contributed by atoms with Crippen LogP contribution in [0.15, 0.2) is 54.6 Å². The summed E-state index contributed by atoms with van der Waals surface area (Å²) in [6.07, 6.45) is 15.7. The van der Waals surface area contributed by atoms with Crippen LogP contribution in [0.5, 0.6) is 5.75 Å². The molecule has 4 heteroatoms. The van der Waals surface area contributed by atoms with Crippen molar-refractivity contribution in [2.45, 2.75) is 110 Å². The summed E-state index contributed by atoms with van der Waals surface area (Å²) < 4.78 is 12.4. The van der Waals surface area contributed by atoms with Crippen molar-refractivity contribution in [1.82, 2.24) is 0 Å². The number of unbranched alkanes of at least 4 members (excludes halogenated alkanes) is 9. The fourth-order valence-electron chi connectivity index (χ4n) is 5.24. The van der Waals surface area contributed by atoms with E-state index >= 15 is 0 Å². The average molecular weight is 525 g/mol. The van der Waals surface area contributed by atoms with Crippen LogP contribution in [-0.2, 0) is 22.5 Å². The third-order valence-electron chi connectivity index (χ3n) is 7.50. The van der Waals surface area contributed by atoms with E-state index in [-0.39, 0.29) is 12.0 Å². The molecule has 1 unspecified atom stereocenters. The maximum Gasteiger partial charge on any atom is 0.364 e. The first-order valence-electron chi connectivity index (χ1n) is 15.2. The summed E-state index contributed by atoms with van der Waals surface area (Å²) in [5.74, 6) is 0.913. The Morgan fingerprint density at radius 1 is 0.737 bits per heavy atom. The summed E-state index contributed by atoms with van der Waals surface area (Å²) >= 11 is 0. The Bertz CT molecular complexity index is 880. The first kappa shape index (κ1) is 31.9. The summed E-state index contributed by atoms with van der Waals surface area (Å²) in [5.41, 5.74) is 2.55. The number of hydrogen-bond donors (Lipinski definition) is 0. The molecule has 2 aromatic carbocycles. The molecule has 2 aromatic rings. The lowest BCUT2D eigenvalue weighted by Crippen LogP contribution is -2.52. The summed E-state index contributed by atoms with van der Waals surface area (Å²) in [4.78, 5) is 12.9. The highest BCUT2D eigenvalue weighted by Crippen LogP contribution is 2.22. The minimum absolute atomic E-state index is 0.0966. The van der Waals surface area contributed by atoms with Crippen LogP contribution in [0.25, 0.3) is 0 Å². The highest BCUT2D eigenvalue weighted by molar-refractivity contribution is 5.74. The van der Waals surface area contributed by atoms with Gasteiger partial charge in [0, 0.05) is 12.0 Å². The van der Waals surface area contributed by atoms with Crippen molar-refractivity contribution in [3.63, 3.8) is 0 Å². The number of likely N-dealkylation sites (N-methyl/N-ethyl adjacent to an activating group) is 1. The zero-order chi connectivity index (χ0) is 27.5. The largest absolute Gasteiger partial charge is 0.493 e. The van der Waals surface area contributed by atoms with Crippen molar-refractivity contribution in [1.29, 1.82) is 0 Å². The number of quaternary nitrogens is 1. The van der Waals surface area contributed by atoms with Crippen LogP contribution >= 0.6 is 0 Å². The number of nitrogens with zero attached hydrogens (tertiary/aromatic N) is 1. The van der Waals surface area contributed by atoms with Crippen LogP contribution in [0.3, 0.4) is 0 Å². The maximum atomic E-state index is 12.9. The standard InChI is InChI=1S/C34H54NO3/c1-5-7-8-9-10-11-12-13-17-24-31-25-18-19-26-33(31)37-27-20-21-28-38-34(36)32(6-2)35(3,4)29-30-22-15-14-16-23-30/h14-16,18-19,22-23,25-26,32H,5-13,17,20-21,24,27-29H2,1-4H3/q+1. The quantitative estimate of drug-likeness (QED) is 0.0932. The number of hydrogen-bond acceptors (Lipinski definition) is 3. The molecule has 0 fully saturated rings. The Labute approximate surface area is 233 Å². The number of carbonyl (C=O) groups excluding carboxylic acids is 1. The number of carbonyl (C=O) groups is 1. The molecule has 0 aliphatic carbocycles. The van der Waals surface area contributed by atoms with Gasteiger partial charge in [0.25, 0.3) is 0 Å². The Balaban J connectivity index is 1.63. The van der Waals surface area contributed by atoms with E-state index in [1.165, 1.54) is 68.9 Å². The summed E-state index contributed by atoms with van der Waals surface area (Å²) in [7, 11) is 4.23. The zero-order valence-corrected chi connectivity index (χ0v) is 24.8. The van der Waals surface area contributed by atoms with Crippen LogP contribution in [-0.4, -0.2) is 43.8 Å². The Morgan fingerprint density at radius 2 is 1.34 bits per heavy atom. The predicted octanol–water partition coefficient (Wildman–Crippen LogP) is 8.52. The van der Waals surface area contributed by atoms with Gasteiger partial charge in [-0.05, 0) is 37.3 Å². The van der Waals surface area contributed by atoms with Crippen molar-refractivity contribution < 1.29 is 18.8 Å². The first-order chi connectivity index (χ1) is 18.5. The molecule has 0 N–H and O–H groups in total. The molecule has 4 nitrogen and oxygen atoms in total. The smallest absolute Gasteiger partial charge is 0.364 e. The summed E-state index contributed by atoms with van der Waals surface area (Å²) in [6, 6.07) is 18.6. The topological polar surface area (TPSA) is 35.5 Å². The second-order valence-corrected chi connectivity index (χ2v) is 11.3. The summed E-state index contributed by atoms with van der Waals surface area (Å²) in [5, 5.41) is 0. The SMILES string of the molecule is CCCCCCCCCCCc1ccccc1OCCCCOC(=O)C(CC)[N+](C)(C)Cc1ccccc1. The normalized spacial score (nSPS) is 12.3. The van der Waals surface area contributed by atoms with Crippen molar-refractivity contribution in [2.75, 3.05) is 27.3 Å². The van der Waals surface area contributed by atoms with E-state index in [0.717, 1.165) is 38.0 Å². The average Bonchev–Trinajstić information content (AvgIpc) is 2.91.